The van der Waals surface area contributed by atoms with Gasteiger partial charge in [-0.15, -0.1) is 0 Å². The molecular formula is C20H25N3. The Balaban J connectivity index is 1.53. The van der Waals surface area contributed by atoms with Crippen molar-refractivity contribution in [2.45, 2.75) is 25.8 Å². The van der Waals surface area contributed by atoms with Gasteiger partial charge in [-0.3, -0.25) is 4.90 Å². The Bertz CT molecular complexity index is 670. The smallest absolute Gasteiger partial charge is 0.121 e. The van der Waals surface area contributed by atoms with Crippen LogP contribution in [0.3, 0.4) is 0 Å². The number of para-hydroxylation sites is 2. The van der Waals surface area contributed by atoms with Crippen LogP contribution < -0.4 is 0 Å². The fourth-order valence-electron chi connectivity index (χ4n) is 3.35. The van der Waals surface area contributed by atoms with Crippen LogP contribution in [-0.4, -0.2) is 28.0 Å². The fraction of sp³-hybridized carbons (Fsp3) is 0.350. The maximum atomic E-state index is 4.68. The molecule has 2 aromatic rings. The molecule has 1 saturated heterocycles. The van der Waals surface area contributed by atoms with Crippen molar-refractivity contribution in [1.29, 1.82) is 0 Å². The van der Waals surface area contributed by atoms with Gasteiger partial charge in [0.05, 0.1) is 17.6 Å². The topological polar surface area (TPSA) is 31.9 Å². The van der Waals surface area contributed by atoms with E-state index in [0.717, 1.165) is 48.8 Å². The molecule has 0 radical (unpaired) electrons. The van der Waals surface area contributed by atoms with E-state index in [9.17, 15) is 0 Å². The summed E-state index contributed by atoms with van der Waals surface area (Å²) in [4.78, 5) is 10.6. The SMILES string of the molecule is C=C/C=C(\C=C)CC1CCN(Cc2nc3ccccc3[nH]2)CC1. The summed E-state index contributed by atoms with van der Waals surface area (Å²) in [6.45, 7) is 10.9. The molecule has 1 aromatic heterocycles. The summed E-state index contributed by atoms with van der Waals surface area (Å²) in [6, 6.07) is 8.22. The Labute approximate surface area is 138 Å². The first-order valence-corrected chi connectivity index (χ1v) is 8.38. The highest BCUT2D eigenvalue weighted by Gasteiger charge is 2.20. The molecule has 0 unspecified atom stereocenters. The average Bonchev–Trinajstić information content (AvgIpc) is 2.98. The van der Waals surface area contributed by atoms with Crippen molar-refractivity contribution in [2.75, 3.05) is 13.1 Å². The van der Waals surface area contributed by atoms with E-state index in [2.05, 4.69) is 46.2 Å². The van der Waals surface area contributed by atoms with Crippen molar-refractivity contribution in [3.05, 3.63) is 67.0 Å². The number of nitrogens with one attached hydrogen (secondary N) is 1. The molecular weight excluding hydrogens is 282 g/mol. The highest BCUT2D eigenvalue weighted by molar-refractivity contribution is 5.74. The molecule has 120 valence electrons. The monoisotopic (exact) mass is 307 g/mol. The summed E-state index contributed by atoms with van der Waals surface area (Å²) in [7, 11) is 0. The van der Waals surface area contributed by atoms with Gasteiger partial charge in [0.25, 0.3) is 0 Å². The van der Waals surface area contributed by atoms with E-state index in [1.165, 1.54) is 18.4 Å². The van der Waals surface area contributed by atoms with Gasteiger partial charge in [0.15, 0.2) is 0 Å². The van der Waals surface area contributed by atoms with Crippen molar-refractivity contribution < 1.29 is 0 Å². The summed E-state index contributed by atoms with van der Waals surface area (Å²) in [5.74, 6) is 1.83. The molecule has 3 heteroatoms. The Hall–Kier alpha value is -2.13. The van der Waals surface area contributed by atoms with Gasteiger partial charge in [-0.25, -0.2) is 4.98 Å². The molecule has 23 heavy (non-hydrogen) atoms. The van der Waals surface area contributed by atoms with Crippen LogP contribution in [0, 0.1) is 5.92 Å². The average molecular weight is 307 g/mol. The number of likely N-dealkylation sites (tertiary alicyclic amines) is 1. The molecule has 0 amide bonds. The zero-order valence-electron chi connectivity index (χ0n) is 13.7. The number of rotatable bonds is 6. The minimum absolute atomic E-state index is 0.756. The van der Waals surface area contributed by atoms with Crippen LogP contribution in [0.25, 0.3) is 11.0 Å². The summed E-state index contributed by atoms with van der Waals surface area (Å²) in [5, 5.41) is 0. The van der Waals surface area contributed by atoms with Gasteiger partial charge >= 0.3 is 0 Å². The van der Waals surface area contributed by atoms with Crippen molar-refractivity contribution in [3.63, 3.8) is 0 Å². The molecule has 3 rings (SSSR count). The first kappa shape index (κ1) is 15.8. The number of allylic oxidation sites excluding steroid dienone is 4. The largest absolute Gasteiger partial charge is 0.341 e. The second-order valence-corrected chi connectivity index (χ2v) is 6.31. The van der Waals surface area contributed by atoms with Gasteiger partial charge in [-0.1, -0.05) is 43.5 Å². The van der Waals surface area contributed by atoms with Gasteiger partial charge < -0.3 is 4.98 Å². The zero-order chi connectivity index (χ0) is 16.1. The molecule has 1 fully saturated rings. The van der Waals surface area contributed by atoms with E-state index >= 15 is 0 Å². The van der Waals surface area contributed by atoms with Crippen LogP contribution in [0.2, 0.25) is 0 Å². The molecule has 2 heterocycles. The maximum absolute atomic E-state index is 4.68. The van der Waals surface area contributed by atoms with E-state index < -0.39 is 0 Å². The number of hydrogen-bond donors (Lipinski definition) is 1. The summed E-state index contributed by atoms with van der Waals surface area (Å²) in [6.07, 6.45) is 9.49. The van der Waals surface area contributed by atoms with Crippen LogP contribution >= 0.6 is 0 Å². The van der Waals surface area contributed by atoms with Crippen LogP contribution in [-0.2, 0) is 6.54 Å². The minimum atomic E-state index is 0.756. The van der Waals surface area contributed by atoms with Crippen molar-refractivity contribution in [3.8, 4) is 0 Å². The fourth-order valence-corrected chi connectivity index (χ4v) is 3.35. The first-order valence-electron chi connectivity index (χ1n) is 8.38. The highest BCUT2D eigenvalue weighted by atomic mass is 15.2. The van der Waals surface area contributed by atoms with Crippen LogP contribution in [0.4, 0.5) is 0 Å². The quantitative estimate of drug-likeness (QED) is 0.799. The zero-order valence-corrected chi connectivity index (χ0v) is 13.7. The number of nitrogens with zero attached hydrogens (tertiary/aromatic N) is 2. The van der Waals surface area contributed by atoms with E-state index in [-0.39, 0.29) is 0 Å². The maximum Gasteiger partial charge on any atom is 0.121 e. The third-order valence-corrected chi connectivity index (χ3v) is 4.64. The van der Waals surface area contributed by atoms with Gasteiger partial charge in [-0.05, 0) is 56.0 Å². The Morgan fingerprint density at radius 2 is 2.04 bits per heavy atom. The molecule has 0 saturated carbocycles. The summed E-state index contributed by atoms with van der Waals surface area (Å²) < 4.78 is 0. The number of hydrogen-bond acceptors (Lipinski definition) is 2. The normalized spacial score (nSPS) is 17.5. The number of aromatic amines is 1. The number of piperidine rings is 1. The number of benzene rings is 1. The third kappa shape index (κ3) is 3.99. The third-order valence-electron chi connectivity index (χ3n) is 4.64. The van der Waals surface area contributed by atoms with Gasteiger partial charge in [0, 0.05) is 0 Å². The van der Waals surface area contributed by atoms with E-state index in [1.54, 1.807) is 0 Å². The molecule has 1 aliphatic rings. The predicted molar refractivity (Wildman–Crippen MR) is 97.2 cm³/mol. The minimum Gasteiger partial charge on any atom is -0.341 e. The predicted octanol–water partition coefficient (Wildman–Crippen LogP) is 4.46. The lowest BCUT2D eigenvalue weighted by Gasteiger charge is -2.31. The Kier molecular flexibility index (Phi) is 5.09. The van der Waals surface area contributed by atoms with Crippen LogP contribution in [0.15, 0.2) is 61.2 Å². The number of H-pyrrole nitrogens is 1. The number of imidazole rings is 1. The lowest BCUT2D eigenvalue weighted by Crippen LogP contribution is -2.33. The van der Waals surface area contributed by atoms with Gasteiger partial charge in [0.2, 0.25) is 0 Å². The Morgan fingerprint density at radius 3 is 2.74 bits per heavy atom. The lowest BCUT2D eigenvalue weighted by molar-refractivity contribution is 0.174. The van der Waals surface area contributed by atoms with E-state index in [4.69, 9.17) is 0 Å². The lowest BCUT2D eigenvalue weighted by atomic mass is 9.90. The summed E-state index contributed by atoms with van der Waals surface area (Å²) >= 11 is 0. The molecule has 1 aliphatic heterocycles. The molecule has 0 spiro atoms. The number of aromatic nitrogens is 2. The molecule has 0 aliphatic carbocycles. The molecule has 1 aromatic carbocycles. The first-order chi connectivity index (χ1) is 11.3. The second kappa shape index (κ2) is 7.42. The van der Waals surface area contributed by atoms with Crippen LogP contribution in [0.5, 0.6) is 0 Å². The molecule has 0 bridgehead atoms. The number of fused-ring (bicyclic) bond motifs is 1. The van der Waals surface area contributed by atoms with Gasteiger partial charge in [-0.2, -0.15) is 0 Å². The standard InChI is InChI=1S/C20H25N3/c1-3-7-16(4-2)14-17-10-12-23(13-11-17)15-20-21-18-8-5-6-9-19(18)22-20/h3-9,17H,1-2,10-15H2,(H,21,22)/b16-7+. The second-order valence-electron chi connectivity index (χ2n) is 6.31. The summed E-state index contributed by atoms with van der Waals surface area (Å²) in [5.41, 5.74) is 3.49. The van der Waals surface area contributed by atoms with E-state index in [1.807, 2.05) is 24.3 Å². The molecule has 3 nitrogen and oxygen atoms in total. The van der Waals surface area contributed by atoms with Gasteiger partial charge in [0.1, 0.15) is 5.82 Å². The van der Waals surface area contributed by atoms with Crippen LogP contribution in [0.1, 0.15) is 25.1 Å². The van der Waals surface area contributed by atoms with Crippen molar-refractivity contribution in [2.24, 2.45) is 5.92 Å². The molecule has 0 atom stereocenters. The highest BCUT2D eigenvalue weighted by Crippen LogP contribution is 2.25. The van der Waals surface area contributed by atoms with E-state index in [0.29, 0.717) is 0 Å². The Morgan fingerprint density at radius 1 is 1.26 bits per heavy atom. The van der Waals surface area contributed by atoms with Crippen molar-refractivity contribution >= 4 is 11.0 Å². The molecule has 1 N–H and O–H groups in total. The van der Waals surface area contributed by atoms with Crippen molar-refractivity contribution in [1.82, 2.24) is 14.9 Å².